The van der Waals surface area contributed by atoms with Crippen molar-refractivity contribution in [2.45, 2.75) is 13.8 Å². The zero-order valence-electron chi connectivity index (χ0n) is 13.9. The number of carbonyl (C=O) groups excluding carboxylic acids is 1. The van der Waals surface area contributed by atoms with Gasteiger partial charge in [-0.2, -0.15) is 5.26 Å². The molecule has 0 fully saturated rings. The first-order valence-corrected chi connectivity index (χ1v) is 7.87. The maximum Gasteiger partial charge on any atom is 0.267 e. The summed E-state index contributed by atoms with van der Waals surface area (Å²) >= 11 is 0. The number of hydrogen-bond donors (Lipinski definition) is 1. The summed E-state index contributed by atoms with van der Waals surface area (Å²) in [6.07, 6.45) is 3.15. The van der Waals surface area contributed by atoms with E-state index in [1.54, 1.807) is 30.5 Å². The van der Waals surface area contributed by atoms with Crippen molar-refractivity contribution in [1.82, 2.24) is 4.98 Å². The highest BCUT2D eigenvalue weighted by molar-refractivity contribution is 6.09. The molecule has 0 saturated heterocycles. The molecule has 0 unspecified atom stereocenters. The fourth-order valence-electron chi connectivity index (χ4n) is 2.31. The fourth-order valence-corrected chi connectivity index (χ4v) is 2.31. The number of nitrogens with zero attached hydrogens (tertiary/aromatic N) is 3. The molecule has 0 bridgehead atoms. The minimum absolute atomic E-state index is 0.0382. The van der Waals surface area contributed by atoms with E-state index in [1.165, 1.54) is 0 Å². The van der Waals surface area contributed by atoms with Crippen LogP contribution in [-0.2, 0) is 4.79 Å². The van der Waals surface area contributed by atoms with E-state index in [0.29, 0.717) is 5.82 Å². The molecular weight excluding hydrogens is 300 g/mol. The summed E-state index contributed by atoms with van der Waals surface area (Å²) < 4.78 is 0. The van der Waals surface area contributed by atoms with E-state index < -0.39 is 5.91 Å². The second-order valence-electron chi connectivity index (χ2n) is 5.10. The van der Waals surface area contributed by atoms with Gasteiger partial charge < -0.3 is 10.2 Å². The van der Waals surface area contributed by atoms with Crippen LogP contribution >= 0.6 is 0 Å². The van der Waals surface area contributed by atoms with Crippen LogP contribution in [0.15, 0.2) is 54.2 Å². The summed E-state index contributed by atoms with van der Waals surface area (Å²) in [5, 5.41) is 11.9. The molecule has 0 atom stereocenters. The third-order valence-corrected chi connectivity index (χ3v) is 3.60. The number of nitriles is 1. The van der Waals surface area contributed by atoms with Gasteiger partial charge in [0, 0.05) is 25.0 Å². The second kappa shape index (κ2) is 8.49. The Morgan fingerprint density at radius 3 is 2.46 bits per heavy atom. The SMILES string of the molecule is CCN(CC)c1ccc(/C=C(/C#N)C(=O)Nc2ccccn2)cc1. The summed E-state index contributed by atoms with van der Waals surface area (Å²) in [6.45, 7) is 6.07. The largest absolute Gasteiger partial charge is 0.372 e. The normalized spacial score (nSPS) is 10.8. The van der Waals surface area contributed by atoms with E-state index in [0.717, 1.165) is 24.3 Å². The first kappa shape index (κ1) is 17.2. The lowest BCUT2D eigenvalue weighted by molar-refractivity contribution is -0.112. The van der Waals surface area contributed by atoms with E-state index in [-0.39, 0.29) is 5.57 Å². The van der Waals surface area contributed by atoms with Gasteiger partial charge in [0.15, 0.2) is 0 Å². The van der Waals surface area contributed by atoms with Crippen LogP contribution in [0.25, 0.3) is 6.08 Å². The molecule has 24 heavy (non-hydrogen) atoms. The van der Waals surface area contributed by atoms with Crippen LogP contribution in [-0.4, -0.2) is 24.0 Å². The Morgan fingerprint density at radius 1 is 1.21 bits per heavy atom. The Kier molecular flexibility index (Phi) is 6.09. The van der Waals surface area contributed by atoms with Gasteiger partial charge >= 0.3 is 0 Å². The van der Waals surface area contributed by atoms with Gasteiger partial charge in [-0.1, -0.05) is 18.2 Å². The second-order valence-corrected chi connectivity index (χ2v) is 5.10. The summed E-state index contributed by atoms with van der Waals surface area (Å²) in [5.74, 6) is -0.0513. The number of amides is 1. The quantitative estimate of drug-likeness (QED) is 0.653. The zero-order valence-corrected chi connectivity index (χ0v) is 13.9. The summed E-state index contributed by atoms with van der Waals surface area (Å²) in [5.41, 5.74) is 1.96. The third kappa shape index (κ3) is 4.43. The lowest BCUT2D eigenvalue weighted by Gasteiger charge is -2.20. The number of benzene rings is 1. The van der Waals surface area contributed by atoms with Crippen molar-refractivity contribution in [3.8, 4) is 6.07 Å². The molecule has 5 heteroatoms. The fraction of sp³-hybridized carbons (Fsp3) is 0.211. The van der Waals surface area contributed by atoms with Crippen LogP contribution in [0.1, 0.15) is 19.4 Å². The summed E-state index contributed by atoms with van der Waals surface area (Å²) in [4.78, 5) is 18.4. The molecule has 0 aliphatic rings. The van der Waals surface area contributed by atoms with Crippen LogP contribution in [0.5, 0.6) is 0 Å². The van der Waals surface area contributed by atoms with E-state index in [1.807, 2.05) is 30.3 Å². The van der Waals surface area contributed by atoms with Gasteiger partial charge in [0.05, 0.1) is 0 Å². The highest BCUT2D eigenvalue weighted by Crippen LogP contribution is 2.17. The Hall–Kier alpha value is -3.13. The molecule has 1 N–H and O–H groups in total. The van der Waals surface area contributed by atoms with Crippen LogP contribution in [0, 0.1) is 11.3 Å². The summed E-state index contributed by atoms with van der Waals surface area (Å²) in [7, 11) is 0. The van der Waals surface area contributed by atoms with Crippen LogP contribution in [0.2, 0.25) is 0 Å². The first-order chi connectivity index (χ1) is 11.7. The predicted octanol–water partition coefficient (Wildman–Crippen LogP) is 3.47. The maximum atomic E-state index is 12.2. The van der Waals surface area contributed by atoms with E-state index in [2.05, 4.69) is 29.0 Å². The minimum Gasteiger partial charge on any atom is -0.372 e. The van der Waals surface area contributed by atoms with Gasteiger partial charge in [-0.3, -0.25) is 4.79 Å². The topological polar surface area (TPSA) is 69.0 Å². The Balaban J connectivity index is 2.15. The highest BCUT2D eigenvalue weighted by Gasteiger charge is 2.10. The van der Waals surface area contributed by atoms with Gasteiger partial charge in [0.2, 0.25) is 0 Å². The molecule has 0 aliphatic carbocycles. The Morgan fingerprint density at radius 2 is 1.92 bits per heavy atom. The van der Waals surface area contributed by atoms with Crippen LogP contribution in [0.4, 0.5) is 11.5 Å². The molecule has 1 aromatic carbocycles. The Labute approximate surface area is 142 Å². The maximum absolute atomic E-state index is 12.2. The van der Waals surface area contributed by atoms with E-state index in [9.17, 15) is 10.1 Å². The van der Waals surface area contributed by atoms with Crippen LogP contribution < -0.4 is 10.2 Å². The molecule has 122 valence electrons. The molecule has 0 aliphatic heterocycles. The van der Waals surface area contributed by atoms with Crippen molar-refractivity contribution < 1.29 is 4.79 Å². The molecule has 1 aromatic heterocycles. The van der Waals surface area contributed by atoms with E-state index >= 15 is 0 Å². The van der Waals surface area contributed by atoms with Crippen molar-refractivity contribution in [2.75, 3.05) is 23.3 Å². The van der Waals surface area contributed by atoms with Gasteiger partial charge in [-0.15, -0.1) is 0 Å². The number of nitrogens with one attached hydrogen (secondary N) is 1. The van der Waals surface area contributed by atoms with Crippen molar-refractivity contribution >= 4 is 23.5 Å². The molecular formula is C19H20N4O. The van der Waals surface area contributed by atoms with Gasteiger partial charge in [0.25, 0.3) is 5.91 Å². The summed E-state index contributed by atoms with van der Waals surface area (Å²) in [6, 6.07) is 14.9. The average Bonchev–Trinajstić information content (AvgIpc) is 2.62. The van der Waals surface area contributed by atoms with Crippen molar-refractivity contribution in [3.63, 3.8) is 0 Å². The molecule has 5 nitrogen and oxygen atoms in total. The molecule has 0 radical (unpaired) electrons. The van der Waals surface area contributed by atoms with Gasteiger partial charge in [-0.05, 0) is 49.8 Å². The van der Waals surface area contributed by atoms with Crippen molar-refractivity contribution in [1.29, 1.82) is 5.26 Å². The molecule has 1 amide bonds. The molecule has 0 spiro atoms. The molecule has 0 saturated carbocycles. The monoisotopic (exact) mass is 320 g/mol. The number of carbonyl (C=O) groups is 1. The molecule has 2 rings (SSSR count). The molecule has 1 heterocycles. The van der Waals surface area contributed by atoms with E-state index in [4.69, 9.17) is 0 Å². The zero-order chi connectivity index (χ0) is 17.4. The number of pyridine rings is 1. The average molecular weight is 320 g/mol. The minimum atomic E-state index is -0.469. The van der Waals surface area contributed by atoms with Crippen molar-refractivity contribution in [3.05, 3.63) is 59.8 Å². The lowest BCUT2D eigenvalue weighted by Crippen LogP contribution is -2.21. The number of rotatable bonds is 6. The standard InChI is InChI=1S/C19H20N4O/c1-3-23(4-2)17-10-8-15(9-11-17)13-16(14-20)19(24)22-18-7-5-6-12-21-18/h5-13H,3-4H2,1-2H3,(H,21,22,24)/b16-13-. The first-order valence-electron chi connectivity index (χ1n) is 7.87. The number of aromatic nitrogens is 1. The Bertz CT molecular complexity index is 741. The number of anilines is 2. The third-order valence-electron chi connectivity index (χ3n) is 3.60. The highest BCUT2D eigenvalue weighted by atomic mass is 16.1. The van der Waals surface area contributed by atoms with Crippen molar-refractivity contribution in [2.24, 2.45) is 0 Å². The van der Waals surface area contributed by atoms with Gasteiger partial charge in [0.1, 0.15) is 17.5 Å². The lowest BCUT2D eigenvalue weighted by atomic mass is 10.1. The molecule has 2 aromatic rings. The van der Waals surface area contributed by atoms with Crippen LogP contribution in [0.3, 0.4) is 0 Å². The van der Waals surface area contributed by atoms with Gasteiger partial charge in [-0.25, -0.2) is 4.98 Å². The smallest absolute Gasteiger partial charge is 0.267 e. The number of hydrogen-bond acceptors (Lipinski definition) is 4. The predicted molar refractivity (Wildman–Crippen MR) is 96.5 cm³/mol.